The van der Waals surface area contributed by atoms with Crippen LogP contribution in [0.1, 0.15) is 11.1 Å². The molecular weight excluding hydrogens is 294 g/mol. The lowest BCUT2D eigenvalue weighted by molar-refractivity contribution is 0.741. The maximum Gasteiger partial charge on any atom is 0.197 e. The maximum atomic E-state index is 12.9. The average molecular weight is 313 g/mol. The van der Waals surface area contributed by atoms with Gasteiger partial charge in [-0.25, -0.2) is 0 Å². The fourth-order valence-electron chi connectivity index (χ4n) is 3.37. The zero-order valence-electron chi connectivity index (χ0n) is 13.7. The second kappa shape index (κ2) is 5.97. The van der Waals surface area contributed by atoms with Gasteiger partial charge in [0.2, 0.25) is 0 Å². The highest BCUT2D eigenvalue weighted by atomic mass is 16.1. The van der Waals surface area contributed by atoms with Crippen LogP contribution in [-0.2, 0) is 13.0 Å². The van der Waals surface area contributed by atoms with Gasteiger partial charge in [-0.05, 0) is 43.2 Å². The van der Waals surface area contributed by atoms with Gasteiger partial charge >= 0.3 is 0 Å². The van der Waals surface area contributed by atoms with E-state index < -0.39 is 0 Å². The second-order valence-electron chi connectivity index (χ2n) is 6.25. The number of nitrogens with zero attached hydrogens (tertiary/aromatic N) is 1. The summed E-state index contributed by atoms with van der Waals surface area (Å²) < 4.78 is 2.28. The third kappa shape index (κ3) is 2.50. The number of hydrogen-bond donors (Lipinski definition) is 0. The van der Waals surface area contributed by atoms with Crippen molar-refractivity contribution in [3.8, 4) is 0 Å². The van der Waals surface area contributed by atoms with Crippen molar-refractivity contribution in [3.63, 3.8) is 0 Å². The molecular formula is C22H19NO. The molecule has 0 aliphatic rings. The van der Waals surface area contributed by atoms with Gasteiger partial charge in [-0.15, -0.1) is 0 Å². The lowest BCUT2D eigenvalue weighted by Gasteiger charge is -2.15. The Morgan fingerprint density at radius 2 is 1.50 bits per heavy atom. The molecule has 0 saturated heterocycles. The van der Waals surface area contributed by atoms with Crippen molar-refractivity contribution in [2.45, 2.75) is 19.9 Å². The van der Waals surface area contributed by atoms with E-state index in [9.17, 15) is 4.79 Å². The van der Waals surface area contributed by atoms with Crippen LogP contribution in [0.5, 0.6) is 0 Å². The van der Waals surface area contributed by atoms with Gasteiger partial charge in [-0.3, -0.25) is 4.79 Å². The molecule has 4 aromatic rings. The molecule has 1 aromatic heterocycles. The van der Waals surface area contributed by atoms with E-state index in [1.807, 2.05) is 43.3 Å². The Balaban J connectivity index is 1.94. The molecule has 0 unspecified atom stereocenters. The smallest absolute Gasteiger partial charge is 0.197 e. The molecule has 0 amide bonds. The molecule has 3 aromatic carbocycles. The summed E-state index contributed by atoms with van der Waals surface area (Å²) in [6, 6.07) is 24.5. The van der Waals surface area contributed by atoms with Gasteiger partial charge in [0, 0.05) is 17.3 Å². The predicted molar refractivity (Wildman–Crippen MR) is 101 cm³/mol. The van der Waals surface area contributed by atoms with Crippen molar-refractivity contribution in [2.24, 2.45) is 0 Å². The van der Waals surface area contributed by atoms with Crippen molar-refractivity contribution >= 4 is 21.8 Å². The third-order valence-corrected chi connectivity index (χ3v) is 4.59. The Kier molecular flexibility index (Phi) is 3.66. The number of aromatic nitrogens is 1. The summed E-state index contributed by atoms with van der Waals surface area (Å²) in [6.07, 6.45) is 0.941. The molecule has 2 heteroatoms. The number of benzene rings is 3. The van der Waals surface area contributed by atoms with Crippen LogP contribution in [0, 0.1) is 6.92 Å². The number of fused-ring (bicyclic) bond motifs is 2. The van der Waals surface area contributed by atoms with E-state index in [0.29, 0.717) is 0 Å². The Bertz CT molecular complexity index is 1080. The van der Waals surface area contributed by atoms with Crippen LogP contribution < -0.4 is 5.43 Å². The molecule has 2 nitrogen and oxygen atoms in total. The van der Waals surface area contributed by atoms with Crippen LogP contribution in [0.25, 0.3) is 21.8 Å². The predicted octanol–water partition coefficient (Wildman–Crippen LogP) is 4.71. The lowest BCUT2D eigenvalue weighted by atomic mass is 10.1. The summed E-state index contributed by atoms with van der Waals surface area (Å²) in [5.41, 5.74) is 4.57. The summed E-state index contributed by atoms with van der Waals surface area (Å²) >= 11 is 0. The first kappa shape index (κ1) is 14.7. The molecule has 0 saturated carbocycles. The van der Waals surface area contributed by atoms with Crippen LogP contribution >= 0.6 is 0 Å². The van der Waals surface area contributed by atoms with Crippen LogP contribution in [0.4, 0.5) is 0 Å². The van der Waals surface area contributed by atoms with Crippen molar-refractivity contribution in [1.29, 1.82) is 0 Å². The van der Waals surface area contributed by atoms with E-state index >= 15 is 0 Å². The Labute approximate surface area is 141 Å². The summed E-state index contributed by atoms with van der Waals surface area (Å²) in [5, 5.41) is 1.60. The van der Waals surface area contributed by atoms with Crippen molar-refractivity contribution < 1.29 is 0 Å². The van der Waals surface area contributed by atoms with Crippen LogP contribution in [-0.4, -0.2) is 4.57 Å². The average Bonchev–Trinajstić information content (AvgIpc) is 2.63. The minimum Gasteiger partial charge on any atom is -0.340 e. The Morgan fingerprint density at radius 1 is 0.792 bits per heavy atom. The summed E-state index contributed by atoms with van der Waals surface area (Å²) in [6.45, 7) is 2.88. The van der Waals surface area contributed by atoms with Gasteiger partial charge in [0.15, 0.2) is 5.43 Å². The number of pyridine rings is 1. The van der Waals surface area contributed by atoms with Gasteiger partial charge in [-0.1, -0.05) is 54.1 Å². The first-order chi connectivity index (χ1) is 11.7. The van der Waals surface area contributed by atoms with E-state index in [2.05, 4.69) is 41.0 Å². The van der Waals surface area contributed by atoms with E-state index in [4.69, 9.17) is 0 Å². The molecule has 24 heavy (non-hydrogen) atoms. The van der Waals surface area contributed by atoms with Crippen LogP contribution in [0.15, 0.2) is 77.6 Å². The molecule has 0 spiro atoms. The zero-order valence-corrected chi connectivity index (χ0v) is 13.7. The molecule has 4 rings (SSSR count). The first-order valence-electron chi connectivity index (χ1n) is 8.30. The van der Waals surface area contributed by atoms with E-state index in [1.54, 1.807) is 0 Å². The summed E-state index contributed by atoms with van der Waals surface area (Å²) in [7, 11) is 0. The van der Waals surface area contributed by atoms with Gasteiger partial charge in [0.05, 0.1) is 11.0 Å². The number of aryl methyl sites for hydroxylation is 3. The number of rotatable bonds is 3. The minimum absolute atomic E-state index is 0.125. The molecule has 0 aliphatic carbocycles. The molecule has 0 radical (unpaired) electrons. The summed E-state index contributed by atoms with van der Waals surface area (Å²) in [5.74, 6) is 0. The van der Waals surface area contributed by atoms with E-state index in [-0.39, 0.29) is 5.43 Å². The molecule has 0 bridgehead atoms. The van der Waals surface area contributed by atoms with Gasteiger partial charge in [0.25, 0.3) is 0 Å². The molecule has 118 valence electrons. The third-order valence-electron chi connectivity index (χ3n) is 4.59. The SMILES string of the molecule is Cc1ccc2c(c1)c(=O)c1ccccc1n2CCc1ccccc1. The molecule has 0 atom stereocenters. The maximum absolute atomic E-state index is 12.9. The molecule has 0 N–H and O–H groups in total. The fraction of sp³-hybridized carbons (Fsp3) is 0.136. The molecule has 1 heterocycles. The lowest BCUT2D eigenvalue weighted by Crippen LogP contribution is -2.12. The Morgan fingerprint density at radius 3 is 2.33 bits per heavy atom. The van der Waals surface area contributed by atoms with Crippen molar-refractivity contribution in [1.82, 2.24) is 4.57 Å². The Hall–Kier alpha value is -2.87. The molecule has 0 aliphatic heterocycles. The van der Waals surface area contributed by atoms with Crippen LogP contribution in [0.3, 0.4) is 0 Å². The summed E-state index contributed by atoms with van der Waals surface area (Å²) in [4.78, 5) is 12.9. The van der Waals surface area contributed by atoms with E-state index in [1.165, 1.54) is 5.56 Å². The van der Waals surface area contributed by atoms with Gasteiger partial charge in [-0.2, -0.15) is 0 Å². The topological polar surface area (TPSA) is 22.0 Å². The second-order valence-corrected chi connectivity index (χ2v) is 6.25. The first-order valence-corrected chi connectivity index (χ1v) is 8.30. The highest BCUT2D eigenvalue weighted by Gasteiger charge is 2.10. The van der Waals surface area contributed by atoms with Gasteiger partial charge < -0.3 is 4.57 Å². The van der Waals surface area contributed by atoms with Crippen molar-refractivity contribution in [3.05, 3.63) is 94.1 Å². The monoisotopic (exact) mass is 313 g/mol. The molecule has 0 fully saturated rings. The quantitative estimate of drug-likeness (QED) is 0.502. The number of para-hydroxylation sites is 1. The highest BCUT2D eigenvalue weighted by molar-refractivity contribution is 5.93. The standard InChI is InChI=1S/C22H19NO/c1-16-11-12-21-19(15-16)22(24)18-9-5-6-10-20(18)23(21)14-13-17-7-3-2-4-8-17/h2-12,15H,13-14H2,1H3. The van der Waals surface area contributed by atoms with Crippen molar-refractivity contribution in [2.75, 3.05) is 0 Å². The highest BCUT2D eigenvalue weighted by Crippen LogP contribution is 2.21. The van der Waals surface area contributed by atoms with Crippen LogP contribution in [0.2, 0.25) is 0 Å². The van der Waals surface area contributed by atoms with E-state index in [0.717, 1.165) is 40.3 Å². The minimum atomic E-state index is 0.125. The number of hydrogen-bond acceptors (Lipinski definition) is 1. The largest absolute Gasteiger partial charge is 0.340 e. The fourth-order valence-corrected chi connectivity index (χ4v) is 3.37. The zero-order chi connectivity index (χ0) is 16.5. The van der Waals surface area contributed by atoms with Gasteiger partial charge in [0.1, 0.15) is 0 Å². The normalized spacial score (nSPS) is 11.2.